The molecule has 9 heteroatoms. The predicted molar refractivity (Wildman–Crippen MR) is 75.2 cm³/mol. The summed E-state index contributed by atoms with van der Waals surface area (Å²) in [7, 11) is 0. The first-order valence-electron chi connectivity index (χ1n) is 6.34. The minimum atomic E-state index is -1.01. The first-order valence-corrected chi connectivity index (χ1v) is 7.22. The number of aryl methyl sites for hydroxylation is 1. The van der Waals surface area contributed by atoms with Crippen LogP contribution in [0.3, 0.4) is 0 Å². The quantitative estimate of drug-likeness (QED) is 0.554. The average molecular weight is 315 g/mol. The van der Waals surface area contributed by atoms with Gasteiger partial charge in [-0.2, -0.15) is 0 Å². The number of rotatable bonds is 7. The molecule has 0 amide bonds. The lowest BCUT2D eigenvalue weighted by atomic mass is 10.2. The minimum Gasteiger partial charge on any atom is -0.480 e. The van der Waals surface area contributed by atoms with E-state index < -0.39 is 22.7 Å². The Morgan fingerprint density at radius 2 is 2.00 bits per heavy atom. The van der Waals surface area contributed by atoms with Gasteiger partial charge in [0.1, 0.15) is 10.9 Å². The molecule has 0 aliphatic heterocycles. The number of aromatic nitrogens is 3. The summed E-state index contributed by atoms with van der Waals surface area (Å²) in [6, 6.07) is 0. The van der Waals surface area contributed by atoms with Crippen molar-refractivity contribution >= 4 is 23.7 Å². The van der Waals surface area contributed by atoms with Gasteiger partial charge < -0.3 is 9.84 Å². The number of carboxylic acid groups (broad SMARTS) is 1. The highest BCUT2D eigenvalue weighted by Gasteiger charge is 2.15. The van der Waals surface area contributed by atoms with Crippen molar-refractivity contribution in [3.8, 4) is 0 Å². The van der Waals surface area contributed by atoms with Crippen LogP contribution in [0.25, 0.3) is 0 Å². The maximum absolute atomic E-state index is 11.8. The van der Waals surface area contributed by atoms with Gasteiger partial charge in [0.15, 0.2) is 5.16 Å². The van der Waals surface area contributed by atoms with Crippen LogP contribution >= 0.6 is 11.8 Å². The highest BCUT2D eigenvalue weighted by atomic mass is 32.2. The maximum Gasteiger partial charge on any atom is 0.316 e. The zero-order valence-electron chi connectivity index (χ0n) is 12.0. The number of carboxylic acids is 1. The van der Waals surface area contributed by atoms with Crippen LogP contribution in [-0.2, 0) is 20.7 Å². The first-order chi connectivity index (χ1) is 9.79. The summed E-state index contributed by atoms with van der Waals surface area (Å²) in [6.45, 7) is 4.95. The molecule has 2 N–H and O–H groups in total. The zero-order chi connectivity index (χ0) is 16.0. The van der Waals surface area contributed by atoms with Crippen molar-refractivity contribution in [3.05, 3.63) is 16.0 Å². The largest absolute Gasteiger partial charge is 0.480 e. The average Bonchev–Trinajstić information content (AvgIpc) is 2.36. The fraction of sp³-hybridized carbons (Fsp3) is 0.583. The minimum absolute atomic E-state index is 0.0357. The normalized spacial score (nSPS) is 12.2. The molecule has 0 aliphatic carbocycles. The molecule has 1 rings (SSSR count). The number of aliphatic carboxylic acids is 1. The number of carbonyl (C=O) groups is 2. The predicted octanol–water partition coefficient (Wildman–Crippen LogP) is 0.614. The van der Waals surface area contributed by atoms with E-state index in [1.54, 1.807) is 13.8 Å². The van der Waals surface area contributed by atoms with Gasteiger partial charge in [0.25, 0.3) is 5.56 Å². The van der Waals surface area contributed by atoms with Crippen molar-refractivity contribution in [3.63, 3.8) is 0 Å². The summed E-state index contributed by atoms with van der Waals surface area (Å²) in [5.41, 5.74) is -0.370. The number of nitrogens with zero attached hydrogens (tertiary/aromatic N) is 2. The first kappa shape index (κ1) is 17.2. The molecule has 1 atom stereocenters. The van der Waals surface area contributed by atoms with E-state index in [9.17, 15) is 14.4 Å². The standard InChI is InChI=1S/C12H17N3O5S/c1-6(2)20-9(16)5-4-8-10(17)13-12(15-14-8)21-7(3)11(18)19/h6-7H,4-5H2,1-3H3,(H,18,19)(H,13,15,17). The van der Waals surface area contributed by atoms with Gasteiger partial charge in [-0.25, -0.2) is 0 Å². The molecule has 0 saturated carbocycles. The molecule has 8 nitrogen and oxygen atoms in total. The van der Waals surface area contributed by atoms with Crippen LogP contribution in [0.1, 0.15) is 32.9 Å². The van der Waals surface area contributed by atoms with Crippen LogP contribution in [-0.4, -0.2) is 43.6 Å². The van der Waals surface area contributed by atoms with Crippen molar-refractivity contribution in [1.82, 2.24) is 15.2 Å². The van der Waals surface area contributed by atoms with Gasteiger partial charge in [0.2, 0.25) is 0 Å². The zero-order valence-corrected chi connectivity index (χ0v) is 12.8. The van der Waals surface area contributed by atoms with Crippen molar-refractivity contribution in [2.24, 2.45) is 0 Å². The van der Waals surface area contributed by atoms with Crippen LogP contribution in [0, 0.1) is 0 Å². The van der Waals surface area contributed by atoms with Gasteiger partial charge >= 0.3 is 11.9 Å². The third-order valence-electron chi connectivity index (χ3n) is 2.31. The third kappa shape index (κ3) is 5.94. The Hall–Kier alpha value is -1.90. The Labute approximate surface area is 125 Å². The van der Waals surface area contributed by atoms with E-state index in [1.165, 1.54) is 6.92 Å². The Kier molecular flexibility index (Phi) is 6.35. The monoisotopic (exact) mass is 315 g/mol. The second kappa shape index (κ2) is 7.77. The summed E-state index contributed by atoms with van der Waals surface area (Å²) < 4.78 is 4.95. The molecule has 1 unspecified atom stereocenters. The van der Waals surface area contributed by atoms with E-state index in [-0.39, 0.29) is 29.8 Å². The highest BCUT2D eigenvalue weighted by molar-refractivity contribution is 8.00. The molecule has 1 aromatic rings. The van der Waals surface area contributed by atoms with E-state index in [0.717, 1.165) is 11.8 Å². The number of H-pyrrole nitrogens is 1. The van der Waals surface area contributed by atoms with Gasteiger partial charge in [0.05, 0.1) is 12.5 Å². The van der Waals surface area contributed by atoms with Crippen LogP contribution in [0.2, 0.25) is 0 Å². The van der Waals surface area contributed by atoms with Crippen LogP contribution in [0.15, 0.2) is 9.95 Å². The van der Waals surface area contributed by atoms with Crippen molar-refractivity contribution in [1.29, 1.82) is 0 Å². The van der Waals surface area contributed by atoms with E-state index in [1.807, 2.05) is 0 Å². The second-order valence-electron chi connectivity index (χ2n) is 4.54. The number of carbonyl (C=O) groups excluding carboxylic acids is 1. The van der Waals surface area contributed by atoms with Gasteiger partial charge in [-0.05, 0) is 20.8 Å². The van der Waals surface area contributed by atoms with Crippen molar-refractivity contribution in [2.75, 3.05) is 0 Å². The van der Waals surface area contributed by atoms with E-state index in [4.69, 9.17) is 9.84 Å². The molecule has 116 valence electrons. The number of thioether (sulfide) groups is 1. The summed E-state index contributed by atoms with van der Waals surface area (Å²) in [5, 5.41) is 15.6. The maximum atomic E-state index is 11.8. The van der Waals surface area contributed by atoms with E-state index in [2.05, 4.69) is 15.2 Å². The molecule has 0 aliphatic rings. The summed E-state index contributed by atoms with van der Waals surface area (Å²) >= 11 is 0.887. The van der Waals surface area contributed by atoms with Crippen LogP contribution < -0.4 is 5.56 Å². The number of hydrogen-bond acceptors (Lipinski definition) is 7. The summed E-state index contributed by atoms with van der Waals surface area (Å²) in [6.07, 6.45) is -0.0560. The molecule has 0 saturated heterocycles. The molecule has 0 spiro atoms. The van der Waals surface area contributed by atoms with Crippen LogP contribution in [0.4, 0.5) is 0 Å². The van der Waals surface area contributed by atoms with Gasteiger partial charge in [-0.3, -0.25) is 19.4 Å². The molecule has 1 aromatic heterocycles. The smallest absolute Gasteiger partial charge is 0.316 e. The fourth-order valence-electron chi connectivity index (χ4n) is 1.32. The number of esters is 1. The molecular weight excluding hydrogens is 298 g/mol. The van der Waals surface area contributed by atoms with Crippen LogP contribution in [0.5, 0.6) is 0 Å². The number of hydrogen-bond donors (Lipinski definition) is 2. The molecule has 0 aromatic carbocycles. The van der Waals surface area contributed by atoms with Crippen molar-refractivity contribution < 1.29 is 19.4 Å². The van der Waals surface area contributed by atoms with Crippen molar-refractivity contribution in [2.45, 2.75) is 50.1 Å². The molecule has 0 bridgehead atoms. The van der Waals surface area contributed by atoms with E-state index >= 15 is 0 Å². The Morgan fingerprint density at radius 1 is 1.33 bits per heavy atom. The fourth-order valence-corrected chi connectivity index (χ4v) is 2.00. The molecule has 0 radical (unpaired) electrons. The molecule has 0 fully saturated rings. The summed E-state index contributed by atoms with van der Waals surface area (Å²) in [4.78, 5) is 36.3. The Balaban J connectivity index is 2.64. The number of ether oxygens (including phenoxy) is 1. The number of nitrogens with one attached hydrogen (secondary N) is 1. The SMILES string of the molecule is CC(C)OC(=O)CCc1nnc(SC(C)C(=O)O)[nH]c1=O. The molecule has 1 heterocycles. The third-order valence-corrected chi connectivity index (χ3v) is 3.28. The lowest BCUT2D eigenvalue weighted by molar-refractivity contribution is -0.147. The van der Waals surface area contributed by atoms with E-state index in [0.29, 0.717) is 0 Å². The van der Waals surface area contributed by atoms with Gasteiger partial charge in [-0.1, -0.05) is 11.8 Å². The molecule has 21 heavy (non-hydrogen) atoms. The highest BCUT2D eigenvalue weighted by Crippen LogP contribution is 2.17. The Morgan fingerprint density at radius 3 is 2.52 bits per heavy atom. The topological polar surface area (TPSA) is 122 Å². The lowest BCUT2D eigenvalue weighted by Crippen LogP contribution is -2.21. The lowest BCUT2D eigenvalue weighted by Gasteiger charge is -2.07. The summed E-state index contributed by atoms with van der Waals surface area (Å²) in [5.74, 6) is -1.42. The number of aromatic amines is 1. The Bertz CT molecular complexity index is 572. The van der Waals surface area contributed by atoms with Gasteiger partial charge in [-0.15, -0.1) is 10.2 Å². The molecular formula is C12H17N3O5S. The second-order valence-corrected chi connectivity index (χ2v) is 5.87. The van der Waals surface area contributed by atoms with Gasteiger partial charge in [0, 0.05) is 6.42 Å².